The Morgan fingerprint density at radius 3 is 2.45 bits per heavy atom. The second-order valence-electron chi connectivity index (χ2n) is 6.38. The molecule has 1 rings (SSSR count). The predicted molar refractivity (Wildman–Crippen MR) is 88.3 cm³/mol. The van der Waals surface area contributed by atoms with Crippen LogP contribution in [0.3, 0.4) is 0 Å². The van der Waals surface area contributed by atoms with Crippen LogP contribution in [0.1, 0.15) is 53.4 Å². The van der Waals surface area contributed by atoms with E-state index in [0.717, 1.165) is 37.6 Å². The largest absolute Gasteiger partial charge is 0.355 e. The Morgan fingerprint density at radius 1 is 1.25 bits per heavy atom. The third kappa shape index (κ3) is 7.13. The van der Waals surface area contributed by atoms with E-state index in [4.69, 9.17) is 0 Å². The minimum absolute atomic E-state index is 0.481. The third-order valence-electron chi connectivity index (χ3n) is 3.94. The standard InChI is InChI=1S/C16H34N4/c1-6-20(15-9-10-15)12-11-18-16(17-5)19-14(4)8-7-13(2)3/h13-15H,6-12H2,1-5H3,(H2,17,18,19). The Balaban J connectivity index is 2.18. The Labute approximate surface area is 125 Å². The highest BCUT2D eigenvalue weighted by Crippen LogP contribution is 2.25. The summed E-state index contributed by atoms with van der Waals surface area (Å²) in [5, 5.41) is 6.91. The molecule has 0 amide bonds. The van der Waals surface area contributed by atoms with E-state index < -0.39 is 0 Å². The first-order valence-electron chi connectivity index (χ1n) is 8.28. The summed E-state index contributed by atoms with van der Waals surface area (Å²) in [5.74, 6) is 1.71. The van der Waals surface area contributed by atoms with Gasteiger partial charge in [-0.2, -0.15) is 0 Å². The zero-order valence-corrected chi connectivity index (χ0v) is 14.1. The molecule has 1 fully saturated rings. The average molecular weight is 282 g/mol. The molecule has 0 aromatic carbocycles. The second kappa shape index (κ2) is 9.22. The summed E-state index contributed by atoms with van der Waals surface area (Å²) in [4.78, 5) is 6.87. The molecule has 0 aliphatic heterocycles. The van der Waals surface area contributed by atoms with E-state index in [1.807, 2.05) is 7.05 Å². The molecule has 1 aliphatic rings. The number of guanidine groups is 1. The molecule has 0 radical (unpaired) electrons. The van der Waals surface area contributed by atoms with E-state index in [-0.39, 0.29) is 0 Å². The molecule has 2 N–H and O–H groups in total. The van der Waals surface area contributed by atoms with Crippen molar-refractivity contribution in [1.29, 1.82) is 0 Å². The first-order chi connectivity index (χ1) is 9.56. The van der Waals surface area contributed by atoms with E-state index >= 15 is 0 Å². The van der Waals surface area contributed by atoms with Crippen molar-refractivity contribution in [2.45, 2.75) is 65.5 Å². The summed E-state index contributed by atoms with van der Waals surface area (Å²) >= 11 is 0. The third-order valence-corrected chi connectivity index (χ3v) is 3.94. The molecule has 118 valence electrons. The van der Waals surface area contributed by atoms with Crippen LogP contribution in [-0.2, 0) is 0 Å². The number of aliphatic imine (C=N–C) groups is 1. The topological polar surface area (TPSA) is 39.7 Å². The van der Waals surface area contributed by atoms with Crippen molar-refractivity contribution in [3.63, 3.8) is 0 Å². The van der Waals surface area contributed by atoms with Gasteiger partial charge in [-0.1, -0.05) is 20.8 Å². The molecular formula is C16H34N4. The van der Waals surface area contributed by atoms with Crippen LogP contribution in [0.5, 0.6) is 0 Å². The van der Waals surface area contributed by atoms with Crippen LogP contribution in [0.25, 0.3) is 0 Å². The molecule has 1 atom stereocenters. The minimum atomic E-state index is 0.481. The lowest BCUT2D eigenvalue weighted by molar-refractivity contribution is 0.282. The van der Waals surface area contributed by atoms with Gasteiger partial charge in [-0.3, -0.25) is 9.89 Å². The van der Waals surface area contributed by atoms with Crippen molar-refractivity contribution < 1.29 is 0 Å². The van der Waals surface area contributed by atoms with Crippen LogP contribution in [0.2, 0.25) is 0 Å². The lowest BCUT2D eigenvalue weighted by Gasteiger charge is -2.22. The molecule has 0 aromatic heterocycles. The van der Waals surface area contributed by atoms with E-state index in [1.165, 1.54) is 25.7 Å². The van der Waals surface area contributed by atoms with Gasteiger partial charge in [0, 0.05) is 32.2 Å². The van der Waals surface area contributed by atoms with E-state index in [0.29, 0.717) is 6.04 Å². The van der Waals surface area contributed by atoms with Crippen molar-refractivity contribution in [1.82, 2.24) is 15.5 Å². The molecular weight excluding hydrogens is 248 g/mol. The monoisotopic (exact) mass is 282 g/mol. The first-order valence-corrected chi connectivity index (χ1v) is 8.28. The van der Waals surface area contributed by atoms with Gasteiger partial charge < -0.3 is 10.6 Å². The van der Waals surface area contributed by atoms with Crippen molar-refractivity contribution in [2.75, 3.05) is 26.7 Å². The predicted octanol–water partition coefficient (Wildman–Crippen LogP) is 2.46. The molecule has 0 heterocycles. The Bertz CT molecular complexity index is 284. The van der Waals surface area contributed by atoms with Crippen molar-refractivity contribution in [3.05, 3.63) is 0 Å². The first kappa shape index (κ1) is 17.3. The second-order valence-corrected chi connectivity index (χ2v) is 6.38. The Hall–Kier alpha value is -0.770. The maximum atomic E-state index is 4.31. The van der Waals surface area contributed by atoms with Crippen molar-refractivity contribution in [2.24, 2.45) is 10.9 Å². The van der Waals surface area contributed by atoms with E-state index in [1.54, 1.807) is 0 Å². The fourth-order valence-electron chi connectivity index (χ4n) is 2.44. The number of hydrogen-bond acceptors (Lipinski definition) is 2. The number of hydrogen-bond donors (Lipinski definition) is 2. The number of nitrogens with one attached hydrogen (secondary N) is 2. The van der Waals surface area contributed by atoms with Crippen LogP contribution in [0, 0.1) is 5.92 Å². The molecule has 4 nitrogen and oxygen atoms in total. The lowest BCUT2D eigenvalue weighted by Crippen LogP contribution is -2.45. The maximum Gasteiger partial charge on any atom is 0.191 e. The summed E-state index contributed by atoms with van der Waals surface area (Å²) in [6.07, 6.45) is 5.22. The van der Waals surface area contributed by atoms with Gasteiger partial charge in [-0.25, -0.2) is 0 Å². The molecule has 1 unspecified atom stereocenters. The van der Waals surface area contributed by atoms with Crippen LogP contribution in [0.4, 0.5) is 0 Å². The number of nitrogens with zero attached hydrogens (tertiary/aromatic N) is 2. The average Bonchev–Trinajstić information content (AvgIpc) is 3.24. The van der Waals surface area contributed by atoms with Gasteiger partial charge in [0.15, 0.2) is 5.96 Å². The van der Waals surface area contributed by atoms with Gasteiger partial charge in [0.1, 0.15) is 0 Å². The lowest BCUT2D eigenvalue weighted by atomic mass is 10.0. The highest BCUT2D eigenvalue weighted by molar-refractivity contribution is 5.79. The SMILES string of the molecule is CCN(CCNC(=NC)NC(C)CCC(C)C)C1CC1. The van der Waals surface area contributed by atoms with Crippen molar-refractivity contribution >= 4 is 5.96 Å². The van der Waals surface area contributed by atoms with Gasteiger partial charge in [-0.05, 0) is 45.1 Å². The zero-order chi connectivity index (χ0) is 15.0. The van der Waals surface area contributed by atoms with Gasteiger partial charge in [0.2, 0.25) is 0 Å². The smallest absolute Gasteiger partial charge is 0.191 e. The fourth-order valence-corrected chi connectivity index (χ4v) is 2.44. The Morgan fingerprint density at radius 2 is 1.95 bits per heavy atom. The maximum absolute atomic E-state index is 4.31. The summed E-state index contributed by atoms with van der Waals surface area (Å²) in [7, 11) is 1.85. The Kier molecular flexibility index (Phi) is 7.97. The molecule has 1 saturated carbocycles. The fraction of sp³-hybridized carbons (Fsp3) is 0.938. The van der Waals surface area contributed by atoms with Gasteiger partial charge in [0.05, 0.1) is 0 Å². The molecule has 0 spiro atoms. The summed E-state index contributed by atoms with van der Waals surface area (Å²) in [5.41, 5.74) is 0. The van der Waals surface area contributed by atoms with Gasteiger partial charge in [0.25, 0.3) is 0 Å². The number of rotatable bonds is 9. The molecule has 0 saturated heterocycles. The van der Waals surface area contributed by atoms with Crippen LogP contribution >= 0.6 is 0 Å². The minimum Gasteiger partial charge on any atom is -0.355 e. The molecule has 4 heteroatoms. The quantitative estimate of drug-likeness (QED) is 0.504. The number of likely N-dealkylation sites (N-methyl/N-ethyl adjacent to an activating group) is 1. The van der Waals surface area contributed by atoms with Crippen LogP contribution < -0.4 is 10.6 Å². The molecule has 0 bridgehead atoms. The van der Waals surface area contributed by atoms with E-state index in [9.17, 15) is 0 Å². The van der Waals surface area contributed by atoms with E-state index in [2.05, 4.69) is 48.2 Å². The van der Waals surface area contributed by atoms with Crippen LogP contribution in [-0.4, -0.2) is 49.6 Å². The summed E-state index contributed by atoms with van der Waals surface area (Å²) < 4.78 is 0. The molecule has 1 aliphatic carbocycles. The highest BCUT2D eigenvalue weighted by Gasteiger charge is 2.27. The van der Waals surface area contributed by atoms with Gasteiger partial charge in [-0.15, -0.1) is 0 Å². The van der Waals surface area contributed by atoms with Gasteiger partial charge >= 0.3 is 0 Å². The van der Waals surface area contributed by atoms with Crippen molar-refractivity contribution in [3.8, 4) is 0 Å². The van der Waals surface area contributed by atoms with Crippen LogP contribution in [0.15, 0.2) is 4.99 Å². The molecule has 0 aromatic rings. The summed E-state index contributed by atoms with van der Waals surface area (Å²) in [6.45, 7) is 12.3. The zero-order valence-electron chi connectivity index (χ0n) is 14.1. The summed E-state index contributed by atoms with van der Waals surface area (Å²) in [6, 6.07) is 1.33. The normalized spacial score (nSPS) is 17.6. The highest BCUT2D eigenvalue weighted by atomic mass is 15.2. The molecule has 20 heavy (non-hydrogen) atoms.